The minimum Gasteiger partial charge on any atom is -0.378 e. The number of aliphatic imine (C=N–C) groups is 1. The summed E-state index contributed by atoms with van der Waals surface area (Å²) in [4.78, 5) is 28.2. The number of hydrogen-bond donors (Lipinski definition) is 1. The SMILES string of the molecule is O=C1CCCC2=C1N=C1C(=O)C(I)CCC1N2. The molecule has 90 valence electrons. The first-order valence-electron chi connectivity index (χ1n) is 5.96. The lowest BCUT2D eigenvalue weighted by Crippen LogP contribution is -2.50. The van der Waals surface area contributed by atoms with Gasteiger partial charge in [-0.15, -0.1) is 0 Å². The van der Waals surface area contributed by atoms with Crippen LogP contribution in [0.15, 0.2) is 16.4 Å². The van der Waals surface area contributed by atoms with Gasteiger partial charge in [-0.2, -0.15) is 0 Å². The van der Waals surface area contributed by atoms with Gasteiger partial charge in [-0.1, -0.05) is 22.6 Å². The zero-order chi connectivity index (χ0) is 12.0. The van der Waals surface area contributed by atoms with Crippen molar-refractivity contribution in [3.63, 3.8) is 0 Å². The van der Waals surface area contributed by atoms with E-state index in [9.17, 15) is 9.59 Å². The molecule has 1 saturated carbocycles. The monoisotopic (exact) mass is 344 g/mol. The van der Waals surface area contributed by atoms with Crippen LogP contribution in [-0.2, 0) is 9.59 Å². The molecule has 0 aromatic carbocycles. The summed E-state index contributed by atoms with van der Waals surface area (Å²) in [5, 5.41) is 3.34. The molecule has 0 aromatic rings. The van der Waals surface area contributed by atoms with Crippen molar-refractivity contribution in [1.29, 1.82) is 0 Å². The Bertz CT molecular complexity index is 467. The van der Waals surface area contributed by atoms with Crippen molar-refractivity contribution in [2.45, 2.75) is 42.1 Å². The number of ketones is 2. The number of fused-ring (bicyclic) bond motifs is 1. The van der Waals surface area contributed by atoms with Crippen molar-refractivity contribution in [1.82, 2.24) is 5.32 Å². The normalized spacial score (nSPS) is 32.6. The Morgan fingerprint density at radius 2 is 2.06 bits per heavy atom. The van der Waals surface area contributed by atoms with Gasteiger partial charge >= 0.3 is 0 Å². The Hall–Kier alpha value is -0.720. The predicted octanol–water partition coefficient (Wildman–Crippen LogP) is 1.53. The third-order valence-electron chi connectivity index (χ3n) is 3.54. The van der Waals surface area contributed by atoms with Gasteiger partial charge in [0, 0.05) is 12.1 Å². The number of allylic oxidation sites excluding steroid dienone is 2. The molecule has 3 aliphatic rings. The number of nitrogens with zero attached hydrogens (tertiary/aromatic N) is 1. The van der Waals surface area contributed by atoms with E-state index in [1.54, 1.807) is 0 Å². The van der Waals surface area contributed by atoms with Crippen LogP contribution in [0.25, 0.3) is 0 Å². The van der Waals surface area contributed by atoms with Gasteiger partial charge in [-0.05, 0) is 25.7 Å². The van der Waals surface area contributed by atoms with E-state index >= 15 is 0 Å². The lowest BCUT2D eigenvalue weighted by molar-refractivity contribution is -0.116. The lowest BCUT2D eigenvalue weighted by Gasteiger charge is -2.34. The van der Waals surface area contributed by atoms with Gasteiger partial charge in [-0.3, -0.25) is 9.59 Å². The van der Waals surface area contributed by atoms with Crippen molar-refractivity contribution in [2.24, 2.45) is 4.99 Å². The van der Waals surface area contributed by atoms with E-state index in [4.69, 9.17) is 0 Å². The topological polar surface area (TPSA) is 58.5 Å². The number of halogens is 1. The highest BCUT2D eigenvalue weighted by Crippen LogP contribution is 2.30. The van der Waals surface area contributed by atoms with E-state index in [-0.39, 0.29) is 21.5 Å². The molecule has 2 atom stereocenters. The third-order valence-corrected chi connectivity index (χ3v) is 4.73. The molecule has 0 aromatic heterocycles. The number of Topliss-reactive ketones (excluding diaryl/α,β-unsaturated/α-hetero) is 2. The van der Waals surface area contributed by atoms with E-state index < -0.39 is 0 Å². The first-order chi connectivity index (χ1) is 8.16. The van der Waals surface area contributed by atoms with Gasteiger partial charge < -0.3 is 5.32 Å². The molecule has 1 fully saturated rings. The highest BCUT2D eigenvalue weighted by Gasteiger charge is 2.38. The minimum absolute atomic E-state index is 0.0187. The third kappa shape index (κ3) is 1.84. The maximum Gasteiger partial charge on any atom is 0.191 e. The van der Waals surface area contributed by atoms with Gasteiger partial charge in [0.2, 0.25) is 0 Å². The molecule has 1 aliphatic heterocycles. The lowest BCUT2D eigenvalue weighted by atomic mass is 9.88. The summed E-state index contributed by atoms with van der Waals surface area (Å²) in [5.74, 6) is 0.173. The fourth-order valence-electron chi connectivity index (χ4n) is 2.62. The molecule has 0 radical (unpaired) electrons. The van der Waals surface area contributed by atoms with Crippen LogP contribution < -0.4 is 5.32 Å². The first kappa shape index (κ1) is 11.4. The standard InChI is InChI=1S/C12H13IN2O2/c13-6-4-5-8-11(12(6)17)15-10-7(14-8)2-1-3-9(10)16/h6,8,14H,1-5H2. The number of carbonyl (C=O) groups excluding carboxylic acids is 2. The Kier molecular flexibility index (Phi) is 2.80. The Morgan fingerprint density at radius 3 is 2.88 bits per heavy atom. The molecule has 1 N–H and O–H groups in total. The molecule has 0 amide bonds. The highest BCUT2D eigenvalue weighted by molar-refractivity contribution is 14.1. The summed E-state index contributed by atoms with van der Waals surface area (Å²) in [7, 11) is 0. The molecule has 3 rings (SSSR count). The second-order valence-electron chi connectivity index (χ2n) is 4.71. The van der Waals surface area contributed by atoms with Crippen LogP contribution in [0, 0.1) is 0 Å². The number of hydrogen-bond acceptors (Lipinski definition) is 4. The molecule has 0 saturated heterocycles. The maximum atomic E-state index is 12.0. The Morgan fingerprint density at radius 1 is 1.24 bits per heavy atom. The summed E-state index contributed by atoms with van der Waals surface area (Å²) in [6.07, 6.45) is 4.17. The van der Waals surface area contributed by atoms with Gasteiger partial charge in [0.05, 0.1) is 9.97 Å². The molecular weight excluding hydrogens is 331 g/mol. The molecule has 1 heterocycles. The first-order valence-corrected chi connectivity index (χ1v) is 7.21. The van der Waals surface area contributed by atoms with Crippen LogP contribution in [0.3, 0.4) is 0 Å². The van der Waals surface area contributed by atoms with E-state index in [0.717, 1.165) is 31.4 Å². The highest BCUT2D eigenvalue weighted by atomic mass is 127. The van der Waals surface area contributed by atoms with Gasteiger partial charge in [-0.25, -0.2) is 4.99 Å². The number of nitrogens with one attached hydrogen (secondary N) is 1. The van der Waals surface area contributed by atoms with Crippen molar-refractivity contribution in [2.75, 3.05) is 0 Å². The van der Waals surface area contributed by atoms with Crippen molar-refractivity contribution in [3.05, 3.63) is 11.4 Å². The van der Waals surface area contributed by atoms with Gasteiger partial charge in [0.1, 0.15) is 11.4 Å². The number of carbonyl (C=O) groups is 2. The fraction of sp³-hybridized carbons (Fsp3) is 0.583. The molecule has 5 heteroatoms. The second kappa shape index (κ2) is 4.19. The predicted molar refractivity (Wildman–Crippen MR) is 72.3 cm³/mol. The summed E-state index contributed by atoms with van der Waals surface area (Å²) in [5.41, 5.74) is 2.04. The fourth-order valence-corrected chi connectivity index (χ4v) is 3.30. The van der Waals surface area contributed by atoms with Crippen LogP contribution in [0.5, 0.6) is 0 Å². The minimum atomic E-state index is 0.0187. The zero-order valence-electron chi connectivity index (χ0n) is 9.33. The molecule has 0 spiro atoms. The summed E-state index contributed by atoms with van der Waals surface area (Å²) in [6, 6.07) is 0.0400. The summed E-state index contributed by atoms with van der Waals surface area (Å²) < 4.78 is 0.0187. The van der Waals surface area contributed by atoms with Gasteiger partial charge in [0.15, 0.2) is 11.6 Å². The van der Waals surface area contributed by atoms with Crippen LogP contribution in [0.2, 0.25) is 0 Å². The van der Waals surface area contributed by atoms with Crippen LogP contribution >= 0.6 is 22.6 Å². The molecule has 2 aliphatic carbocycles. The molecule has 4 nitrogen and oxygen atoms in total. The van der Waals surface area contributed by atoms with Crippen LogP contribution in [-0.4, -0.2) is 27.2 Å². The van der Waals surface area contributed by atoms with E-state index in [1.807, 2.05) is 0 Å². The van der Waals surface area contributed by atoms with Crippen molar-refractivity contribution < 1.29 is 9.59 Å². The Labute approximate surface area is 113 Å². The molecule has 0 bridgehead atoms. The van der Waals surface area contributed by atoms with E-state index in [1.165, 1.54) is 0 Å². The van der Waals surface area contributed by atoms with E-state index in [0.29, 0.717) is 17.8 Å². The molecular formula is C12H13IN2O2. The van der Waals surface area contributed by atoms with Crippen LogP contribution in [0.4, 0.5) is 0 Å². The maximum absolute atomic E-state index is 12.0. The average Bonchev–Trinajstić information content (AvgIpc) is 2.33. The quantitative estimate of drug-likeness (QED) is 0.536. The van der Waals surface area contributed by atoms with Crippen molar-refractivity contribution in [3.8, 4) is 0 Å². The smallest absolute Gasteiger partial charge is 0.191 e. The van der Waals surface area contributed by atoms with Crippen molar-refractivity contribution >= 4 is 39.9 Å². The molecule has 2 unspecified atom stereocenters. The zero-order valence-corrected chi connectivity index (χ0v) is 11.5. The Balaban J connectivity index is 2.01. The number of alkyl halides is 1. The van der Waals surface area contributed by atoms with Gasteiger partial charge in [0.25, 0.3) is 0 Å². The largest absolute Gasteiger partial charge is 0.378 e. The van der Waals surface area contributed by atoms with Crippen LogP contribution in [0.1, 0.15) is 32.1 Å². The summed E-state index contributed by atoms with van der Waals surface area (Å²) >= 11 is 2.17. The average molecular weight is 344 g/mol. The number of rotatable bonds is 0. The van der Waals surface area contributed by atoms with E-state index in [2.05, 4.69) is 32.9 Å². The summed E-state index contributed by atoms with van der Waals surface area (Å²) in [6.45, 7) is 0. The second-order valence-corrected chi connectivity index (χ2v) is 6.21. The molecule has 17 heavy (non-hydrogen) atoms.